The van der Waals surface area contributed by atoms with Crippen molar-refractivity contribution in [3.05, 3.63) is 0 Å². The predicted molar refractivity (Wildman–Crippen MR) is 391 cm³/mol. The Hall–Kier alpha value is -1.94. The van der Waals surface area contributed by atoms with Gasteiger partial charge in [0.1, 0.15) is 19.3 Å². The molecular formula is C77H150O17P2. The molecule has 5 atom stereocenters. The first-order chi connectivity index (χ1) is 46.7. The average molecular weight is 1410 g/mol. The Morgan fingerprint density at radius 2 is 0.417 bits per heavy atom. The largest absolute Gasteiger partial charge is 0.472 e. The number of unbranched alkanes of at least 4 members (excludes halogenated alkanes) is 52. The second-order valence-electron chi connectivity index (χ2n) is 27.7. The highest BCUT2D eigenvalue weighted by molar-refractivity contribution is 7.47. The van der Waals surface area contributed by atoms with Crippen LogP contribution in [-0.4, -0.2) is 96.7 Å². The molecule has 0 fully saturated rings. The minimum atomic E-state index is -4.96. The van der Waals surface area contributed by atoms with Crippen LogP contribution in [0.2, 0.25) is 0 Å². The van der Waals surface area contributed by atoms with Gasteiger partial charge in [-0.3, -0.25) is 37.3 Å². The van der Waals surface area contributed by atoms with Crippen molar-refractivity contribution in [2.24, 2.45) is 0 Å². The van der Waals surface area contributed by atoms with E-state index >= 15 is 0 Å². The minimum Gasteiger partial charge on any atom is -0.462 e. The number of phosphoric ester groups is 2. The van der Waals surface area contributed by atoms with Gasteiger partial charge in [-0.25, -0.2) is 9.13 Å². The lowest BCUT2D eigenvalue weighted by molar-refractivity contribution is -0.161. The molecule has 96 heavy (non-hydrogen) atoms. The molecule has 19 heteroatoms. The van der Waals surface area contributed by atoms with Crippen LogP contribution in [0.4, 0.5) is 0 Å². The van der Waals surface area contributed by atoms with E-state index in [1.54, 1.807) is 0 Å². The molecule has 0 spiro atoms. The lowest BCUT2D eigenvalue weighted by Gasteiger charge is -2.21. The van der Waals surface area contributed by atoms with Crippen molar-refractivity contribution in [2.75, 3.05) is 39.6 Å². The molecule has 0 aromatic heterocycles. The number of carbonyl (C=O) groups excluding carboxylic acids is 4. The van der Waals surface area contributed by atoms with E-state index in [0.29, 0.717) is 25.7 Å². The first kappa shape index (κ1) is 94.1. The van der Waals surface area contributed by atoms with Crippen LogP contribution in [0, 0.1) is 0 Å². The maximum atomic E-state index is 13.1. The number of carbonyl (C=O) groups is 4. The van der Waals surface area contributed by atoms with Gasteiger partial charge in [0.25, 0.3) is 0 Å². The van der Waals surface area contributed by atoms with Crippen molar-refractivity contribution in [1.29, 1.82) is 0 Å². The van der Waals surface area contributed by atoms with E-state index in [9.17, 15) is 43.2 Å². The van der Waals surface area contributed by atoms with Crippen molar-refractivity contribution >= 4 is 39.5 Å². The van der Waals surface area contributed by atoms with Crippen molar-refractivity contribution in [1.82, 2.24) is 0 Å². The van der Waals surface area contributed by atoms with Gasteiger partial charge in [0.05, 0.1) is 26.4 Å². The molecule has 0 saturated carbocycles. The molecule has 0 aromatic carbocycles. The highest BCUT2D eigenvalue weighted by atomic mass is 31.2. The average Bonchev–Trinajstić information content (AvgIpc) is 1.16. The van der Waals surface area contributed by atoms with Crippen LogP contribution in [0.1, 0.15) is 413 Å². The van der Waals surface area contributed by atoms with Gasteiger partial charge in [-0.15, -0.1) is 0 Å². The molecule has 570 valence electrons. The molecule has 0 aliphatic carbocycles. The predicted octanol–water partition coefficient (Wildman–Crippen LogP) is 23.0. The van der Waals surface area contributed by atoms with E-state index in [2.05, 4.69) is 27.7 Å². The summed E-state index contributed by atoms with van der Waals surface area (Å²) >= 11 is 0. The summed E-state index contributed by atoms with van der Waals surface area (Å²) < 4.78 is 68.6. The summed E-state index contributed by atoms with van der Waals surface area (Å²) in [6.07, 6.45) is 62.3. The van der Waals surface area contributed by atoms with Gasteiger partial charge in [-0.05, 0) is 25.7 Å². The Morgan fingerprint density at radius 3 is 0.615 bits per heavy atom. The molecule has 0 rings (SSSR count). The van der Waals surface area contributed by atoms with Crippen molar-refractivity contribution in [3.8, 4) is 0 Å². The Kier molecular flexibility index (Phi) is 70.0. The van der Waals surface area contributed by atoms with E-state index in [-0.39, 0.29) is 25.7 Å². The summed E-state index contributed by atoms with van der Waals surface area (Å²) in [4.78, 5) is 72.8. The fraction of sp³-hybridized carbons (Fsp3) is 0.948. The summed E-state index contributed by atoms with van der Waals surface area (Å²) in [5.74, 6) is -2.11. The maximum Gasteiger partial charge on any atom is 0.472 e. The number of rotatable bonds is 78. The van der Waals surface area contributed by atoms with Crippen LogP contribution in [-0.2, 0) is 65.4 Å². The molecule has 0 heterocycles. The molecule has 0 radical (unpaired) electrons. The molecular weight excluding hydrogens is 1260 g/mol. The second-order valence-corrected chi connectivity index (χ2v) is 30.7. The summed E-state index contributed by atoms with van der Waals surface area (Å²) in [6, 6.07) is 0. The molecule has 0 saturated heterocycles. The second kappa shape index (κ2) is 71.5. The van der Waals surface area contributed by atoms with Gasteiger partial charge >= 0.3 is 39.5 Å². The van der Waals surface area contributed by atoms with Gasteiger partial charge < -0.3 is 33.8 Å². The molecule has 0 aliphatic rings. The smallest absolute Gasteiger partial charge is 0.462 e. The molecule has 17 nitrogen and oxygen atoms in total. The number of esters is 4. The first-order valence-corrected chi connectivity index (χ1v) is 43.3. The van der Waals surface area contributed by atoms with Gasteiger partial charge in [0, 0.05) is 25.7 Å². The third-order valence-corrected chi connectivity index (χ3v) is 20.0. The molecule has 0 aliphatic heterocycles. The lowest BCUT2D eigenvalue weighted by Crippen LogP contribution is -2.30. The van der Waals surface area contributed by atoms with Gasteiger partial charge in [-0.1, -0.05) is 362 Å². The van der Waals surface area contributed by atoms with Gasteiger partial charge in [0.15, 0.2) is 12.2 Å². The zero-order valence-electron chi connectivity index (χ0n) is 62.4. The number of phosphoric acid groups is 2. The Morgan fingerprint density at radius 1 is 0.250 bits per heavy atom. The zero-order chi connectivity index (χ0) is 70.4. The highest BCUT2D eigenvalue weighted by Crippen LogP contribution is 2.45. The van der Waals surface area contributed by atoms with E-state index in [0.717, 1.165) is 89.9 Å². The SMILES string of the molecule is CCCCCCCCCCCCCCCCCCCCC(=O)O[C@H](COC(=O)CCCCCCCCCCCCCCCCCC)COP(=O)(O)OC[C@@H](O)COP(=O)(O)OC[C@@H](COC(=O)CCCCCCCCCCCCC)OC(=O)CCCCCCCCCCCCC. The van der Waals surface area contributed by atoms with E-state index < -0.39 is 97.5 Å². The normalized spacial score (nSPS) is 13.9. The lowest BCUT2D eigenvalue weighted by atomic mass is 10.0. The minimum absolute atomic E-state index is 0.108. The summed E-state index contributed by atoms with van der Waals surface area (Å²) in [5, 5.41) is 10.6. The van der Waals surface area contributed by atoms with E-state index in [1.807, 2.05) is 0 Å². The number of aliphatic hydroxyl groups is 1. The number of hydrogen-bond acceptors (Lipinski definition) is 15. The Balaban J connectivity index is 5.23. The van der Waals surface area contributed by atoms with Crippen LogP contribution in [0.15, 0.2) is 0 Å². The third kappa shape index (κ3) is 70.5. The van der Waals surface area contributed by atoms with Crippen LogP contribution in [0.25, 0.3) is 0 Å². The summed E-state index contributed by atoms with van der Waals surface area (Å²) in [5.41, 5.74) is 0. The zero-order valence-corrected chi connectivity index (χ0v) is 64.1. The van der Waals surface area contributed by atoms with Crippen LogP contribution in [0.3, 0.4) is 0 Å². The standard InChI is InChI=1S/C77H150O17P2/c1-5-9-13-17-21-25-29-31-33-35-36-38-40-44-48-52-56-60-64-77(82)94-73(68-88-75(80)62-58-54-50-46-43-39-37-34-32-30-26-22-18-14-10-6-2)70-92-96(85,86)90-66-71(78)65-89-95(83,84)91-69-72(93-76(81)63-59-55-51-47-42-28-24-20-16-12-8-4)67-87-74(79)61-57-53-49-45-41-27-23-19-15-11-7-3/h71-73,78H,5-70H2,1-4H3,(H,83,84)(H,85,86)/t71-,72+,73+/m0/s1. The van der Waals surface area contributed by atoms with Gasteiger partial charge in [-0.2, -0.15) is 0 Å². The summed E-state index contributed by atoms with van der Waals surface area (Å²) in [6.45, 7) is 5.00. The van der Waals surface area contributed by atoms with Crippen molar-refractivity contribution in [3.63, 3.8) is 0 Å². The summed E-state index contributed by atoms with van der Waals surface area (Å²) in [7, 11) is -9.91. The van der Waals surface area contributed by atoms with E-state index in [4.69, 9.17) is 37.0 Å². The maximum absolute atomic E-state index is 13.1. The Bertz CT molecular complexity index is 1830. The fourth-order valence-electron chi connectivity index (χ4n) is 11.9. The molecule has 0 amide bonds. The topological polar surface area (TPSA) is 237 Å². The van der Waals surface area contributed by atoms with Crippen molar-refractivity contribution in [2.45, 2.75) is 431 Å². The van der Waals surface area contributed by atoms with Crippen LogP contribution >= 0.6 is 15.6 Å². The molecule has 0 bridgehead atoms. The fourth-order valence-corrected chi connectivity index (χ4v) is 13.5. The number of hydrogen-bond donors (Lipinski definition) is 3. The van der Waals surface area contributed by atoms with Crippen molar-refractivity contribution < 1.29 is 80.2 Å². The van der Waals surface area contributed by atoms with Crippen LogP contribution < -0.4 is 0 Å². The molecule has 2 unspecified atom stereocenters. The Labute approximate surface area is 588 Å². The highest BCUT2D eigenvalue weighted by Gasteiger charge is 2.30. The van der Waals surface area contributed by atoms with E-state index in [1.165, 1.54) is 244 Å². The van der Waals surface area contributed by atoms with Gasteiger partial charge in [0.2, 0.25) is 0 Å². The number of ether oxygens (including phenoxy) is 4. The number of aliphatic hydroxyl groups excluding tert-OH is 1. The van der Waals surface area contributed by atoms with Crippen LogP contribution in [0.5, 0.6) is 0 Å². The monoisotopic (exact) mass is 1410 g/mol. The third-order valence-electron chi connectivity index (χ3n) is 18.1. The molecule has 0 aromatic rings. The molecule has 3 N–H and O–H groups in total. The quantitative estimate of drug-likeness (QED) is 0.0222. The first-order valence-electron chi connectivity index (χ1n) is 40.3.